The summed E-state index contributed by atoms with van der Waals surface area (Å²) in [6.07, 6.45) is 1.54. The van der Waals surface area contributed by atoms with E-state index in [1.807, 2.05) is 0 Å². The van der Waals surface area contributed by atoms with Crippen LogP contribution in [0.1, 0.15) is 0 Å². The summed E-state index contributed by atoms with van der Waals surface area (Å²) in [4.78, 5) is 25.6. The van der Waals surface area contributed by atoms with E-state index in [1.54, 1.807) is 31.4 Å². The summed E-state index contributed by atoms with van der Waals surface area (Å²) in [7, 11) is 3.22. The normalized spacial score (nSPS) is 11.1. The molecular formula is C14H19ClN4O3S. The molecule has 0 bridgehead atoms. The van der Waals surface area contributed by atoms with Gasteiger partial charge in [-0.2, -0.15) is 0 Å². The lowest BCUT2D eigenvalue weighted by molar-refractivity contribution is -0.129. The van der Waals surface area contributed by atoms with Crippen LogP contribution in [0.25, 0.3) is 11.2 Å². The van der Waals surface area contributed by atoms with Crippen LogP contribution >= 0.6 is 23.4 Å². The Morgan fingerprint density at radius 3 is 2.70 bits per heavy atom. The molecule has 2 rings (SSSR count). The fourth-order valence-electron chi connectivity index (χ4n) is 1.91. The van der Waals surface area contributed by atoms with Gasteiger partial charge in [0.25, 0.3) is 0 Å². The summed E-state index contributed by atoms with van der Waals surface area (Å²) in [6, 6.07) is 1.76. The average molecular weight is 359 g/mol. The van der Waals surface area contributed by atoms with Crippen LogP contribution in [0.15, 0.2) is 17.4 Å². The quantitative estimate of drug-likeness (QED) is 0.689. The van der Waals surface area contributed by atoms with E-state index >= 15 is 0 Å². The second-order valence-electron chi connectivity index (χ2n) is 4.72. The van der Waals surface area contributed by atoms with Crippen LogP contribution in [0.3, 0.4) is 0 Å². The molecule has 0 radical (unpaired) electrons. The van der Waals surface area contributed by atoms with Gasteiger partial charge < -0.3 is 19.4 Å². The molecule has 0 aliphatic rings. The van der Waals surface area contributed by atoms with Crippen LogP contribution in [0.5, 0.6) is 0 Å². The van der Waals surface area contributed by atoms with Crippen LogP contribution < -0.4 is 0 Å². The number of rotatable bonds is 9. The van der Waals surface area contributed by atoms with Gasteiger partial charge in [-0.25, -0.2) is 9.97 Å². The molecule has 2 heterocycles. The lowest BCUT2D eigenvalue weighted by Crippen LogP contribution is -2.37. The number of aromatic amines is 1. The van der Waals surface area contributed by atoms with Crippen molar-refractivity contribution in [1.82, 2.24) is 19.9 Å². The predicted molar refractivity (Wildman–Crippen MR) is 90.0 cm³/mol. The zero-order valence-corrected chi connectivity index (χ0v) is 14.6. The highest BCUT2D eigenvalue weighted by Crippen LogP contribution is 2.20. The summed E-state index contributed by atoms with van der Waals surface area (Å²) in [5.41, 5.74) is 1.34. The van der Waals surface area contributed by atoms with Gasteiger partial charge in [-0.05, 0) is 6.07 Å². The minimum atomic E-state index is 0.00977. The van der Waals surface area contributed by atoms with E-state index in [9.17, 15) is 4.79 Å². The number of imidazole rings is 1. The highest BCUT2D eigenvalue weighted by molar-refractivity contribution is 7.99. The highest BCUT2D eigenvalue weighted by atomic mass is 35.5. The Hall–Kier alpha value is -1.35. The molecule has 1 N–H and O–H groups in total. The molecule has 0 unspecified atom stereocenters. The van der Waals surface area contributed by atoms with Crippen LogP contribution in [0, 0.1) is 0 Å². The number of carbonyl (C=O) groups is 1. The third-order valence-electron chi connectivity index (χ3n) is 3.10. The molecule has 0 fully saturated rings. The minimum Gasteiger partial charge on any atom is -0.383 e. The molecule has 0 aliphatic heterocycles. The molecule has 126 valence electrons. The van der Waals surface area contributed by atoms with Gasteiger partial charge in [0, 0.05) is 33.5 Å². The average Bonchev–Trinajstić information content (AvgIpc) is 2.94. The van der Waals surface area contributed by atoms with Crippen molar-refractivity contribution in [2.75, 3.05) is 46.3 Å². The zero-order valence-electron chi connectivity index (χ0n) is 13.0. The summed E-state index contributed by atoms with van der Waals surface area (Å²) >= 11 is 7.23. The van der Waals surface area contributed by atoms with Gasteiger partial charge in [0.05, 0.1) is 29.5 Å². The van der Waals surface area contributed by atoms with Gasteiger partial charge in [-0.1, -0.05) is 23.4 Å². The summed E-state index contributed by atoms with van der Waals surface area (Å²) < 4.78 is 10.1. The molecule has 1 amide bonds. The highest BCUT2D eigenvalue weighted by Gasteiger charge is 2.15. The molecule has 23 heavy (non-hydrogen) atoms. The Morgan fingerprint density at radius 1 is 1.35 bits per heavy atom. The lowest BCUT2D eigenvalue weighted by Gasteiger charge is -2.21. The van der Waals surface area contributed by atoms with Crippen molar-refractivity contribution >= 4 is 40.4 Å². The Bertz CT molecular complexity index is 644. The van der Waals surface area contributed by atoms with E-state index in [4.69, 9.17) is 21.1 Å². The second-order valence-corrected chi connectivity index (χ2v) is 6.12. The first-order chi connectivity index (χ1) is 11.1. The van der Waals surface area contributed by atoms with Crippen molar-refractivity contribution in [2.24, 2.45) is 0 Å². The first-order valence-corrected chi connectivity index (χ1v) is 8.40. The Balaban J connectivity index is 1.94. The number of thioether (sulfide) groups is 1. The van der Waals surface area contributed by atoms with E-state index in [0.717, 1.165) is 5.52 Å². The van der Waals surface area contributed by atoms with Crippen LogP contribution in [-0.2, 0) is 14.3 Å². The Labute approximate surface area is 143 Å². The number of H-pyrrole nitrogens is 1. The summed E-state index contributed by atoms with van der Waals surface area (Å²) in [5, 5.41) is 1.18. The third-order valence-corrected chi connectivity index (χ3v) is 4.16. The molecule has 0 saturated heterocycles. The first kappa shape index (κ1) is 18.0. The van der Waals surface area contributed by atoms with Gasteiger partial charge in [0.2, 0.25) is 5.91 Å². The van der Waals surface area contributed by atoms with E-state index in [2.05, 4.69) is 15.0 Å². The van der Waals surface area contributed by atoms with Crippen LogP contribution in [-0.4, -0.2) is 72.0 Å². The number of fused-ring (bicyclic) bond motifs is 1. The summed E-state index contributed by atoms with van der Waals surface area (Å²) in [6.45, 7) is 2.06. The maximum atomic E-state index is 12.3. The maximum Gasteiger partial charge on any atom is 0.233 e. The molecule has 0 aliphatic carbocycles. The topological polar surface area (TPSA) is 80.3 Å². The number of hydrogen-bond donors (Lipinski definition) is 1. The smallest absolute Gasteiger partial charge is 0.233 e. The lowest BCUT2D eigenvalue weighted by atomic mass is 10.4. The summed E-state index contributed by atoms with van der Waals surface area (Å²) in [5.74, 6) is 0.289. The third kappa shape index (κ3) is 5.35. The molecular weight excluding hydrogens is 340 g/mol. The standard InChI is InChI=1S/C14H19ClN4O3S/c1-21-5-3-19(4-6-22-2)12(20)9-23-14-17-11-7-10(15)8-16-13(11)18-14/h7-8H,3-6,9H2,1-2H3,(H,16,17,18). The molecule has 0 atom stereocenters. The molecule has 2 aromatic rings. The molecule has 0 spiro atoms. The van der Waals surface area contributed by atoms with E-state index in [1.165, 1.54) is 11.8 Å². The number of halogens is 1. The fraction of sp³-hybridized carbons (Fsp3) is 0.500. The number of methoxy groups -OCH3 is 2. The molecule has 0 aromatic carbocycles. The van der Waals surface area contributed by atoms with Gasteiger partial charge in [0.15, 0.2) is 10.8 Å². The van der Waals surface area contributed by atoms with Crippen molar-refractivity contribution in [2.45, 2.75) is 5.16 Å². The number of nitrogens with one attached hydrogen (secondary N) is 1. The Kier molecular flexibility index (Phi) is 7.10. The monoisotopic (exact) mass is 358 g/mol. The van der Waals surface area contributed by atoms with Crippen molar-refractivity contribution in [3.63, 3.8) is 0 Å². The second kappa shape index (κ2) is 9.07. The number of nitrogens with zero attached hydrogens (tertiary/aromatic N) is 3. The van der Waals surface area contributed by atoms with Gasteiger partial charge in [0.1, 0.15) is 0 Å². The number of ether oxygens (including phenoxy) is 2. The SMILES string of the molecule is COCCN(CCOC)C(=O)CSc1nc2ncc(Cl)cc2[nH]1. The molecule has 9 heteroatoms. The maximum absolute atomic E-state index is 12.3. The Morgan fingerprint density at radius 2 is 2.04 bits per heavy atom. The van der Waals surface area contributed by atoms with Gasteiger partial charge in [-0.15, -0.1) is 0 Å². The van der Waals surface area contributed by atoms with Crippen molar-refractivity contribution in [3.05, 3.63) is 17.3 Å². The van der Waals surface area contributed by atoms with Crippen LogP contribution in [0.4, 0.5) is 0 Å². The molecule has 0 saturated carbocycles. The largest absolute Gasteiger partial charge is 0.383 e. The van der Waals surface area contributed by atoms with Gasteiger partial charge in [-0.3, -0.25) is 4.79 Å². The van der Waals surface area contributed by atoms with Crippen molar-refractivity contribution in [1.29, 1.82) is 0 Å². The number of aromatic nitrogens is 3. The van der Waals surface area contributed by atoms with Crippen molar-refractivity contribution in [3.8, 4) is 0 Å². The first-order valence-electron chi connectivity index (χ1n) is 7.03. The van der Waals surface area contributed by atoms with E-state index < -0.39 is 0 Å². The van der Waals surface area contributed by atoms with Gasteiger partial charge >= 0.3 is 0 Å². The predicted octanol–water partition coefficient (Wildman–Crippen LogP) is 1.82. The fourth-order valence-corrected chi connectivity index (χ4v) is 2.84. The number of hydrogen-bond acceptors (Lipinski definition) is 6. The van der Waals surface area contributed by atoms with E-state index in [-0.39, 0.29) is 11.7 Å². The number of pyridine rings is 1. The number of carbonyl (C=O) groups excluding carboxylic acids is 1. The number of amides is 1. The molecule has 7 nitrogen and oxygen atoms in total. The minimum absolute atomic E-state index is 0.00977. The van der Waals surface area contributed by atoms with E-state index in [0.29, 0.717) is 42.1 Å². The van der Waals surface area contributed by atoms with Crippen molar-refractivity contribution < 1.29 is 14.3 Å². The zero-order chi connectivity index (χ0) is 16.7. The molecule has 2 aromatic heterocycles. The van der Waals surface area contributed by atoms with Crippen LogP contribution in [0.2, 0.25) is 5.02 Å².